The van der Waals surface area contributed by atoms with Gasteiger partial charge in [-0.2, -0.15) is 0 Å². The van der Waals surface area contributed by atoms with Crippen LogP contribution in [0.1, 0.15) is 10.4 Å². The molecule has 1 heterocycles. The largest absolute Gasteiger partial charge is 0.374 e. The molecule has 0 spiro atoms. The molecule has 0 aliphatic carbocycles. The summed E-state index contributed by atoms with van der Waals surface area (Å²) >= 11 is 3.38. The molecule has 1 aromatic carbocycles. The third-order valence-corrected chi connectivity index (χ3v) is 3.73. The van der Waals surface area contributed by atoms with Crippen molar-refractivity contribution in [3.8, 4) is 0 Å². The van der Waals surface area contributed by atoms with E-state index in [1.165, 1.54) is 0 Å². The summed E-state index contributed by atoms with van der Waals surface area (Å²) in [4.78, 5) is 16.2. The molecule has 1 amide bonds. The Morgan fingerprint density at radius 2 is 2.37 bits per heavy atom. The molecule has 5 heteroatoms. The Bertz CT molecular complexity index is 453. The molecule has 104 valence electrons. The van der Waals surface area contributed by atoms with Crippen LogP contribution in [0.3, 0.4) is 0 Å². The predicted molar refractivity (Wildman–Crippen MR) is 78.3 cm³/mol. The number of morpholine rings is 1. The fourth-order valence-corrected chi connectivity index (χ4v) is 2.61. The average Bonchev–Trinajstić information content (AvgIpc) is 2.38. The molecular weight excluding hydrogens is 308 g/mol. The maximum absolute atomic E-state index is 12.3. The quantitative estimate of drug-likeness (QED) is 0.849. The van der Waals surface area contributed by atoms with Gasteiger partial charge in [0.25, 0.3) is 5.91 Å². The number of hydrogen-bond acceptors (Lipinski definition) is 3. The highest BCUT2D eigenvalue weighted by Crippen LogP contribution is 2.14. The molecular formula is C14H19BrN2O2. The molecule has 0 radical (unpaired) electrons. The van der Waals surface area contributed by atoms with Gasteiger partial charge in [-0.1, -0.05) is 22.0 Å². The van der Waals surface area contributed by atoms with E-state index in [0.717, 1.165) is 24.2 Å². The molecule has 0 bridgehead atoms. The van der Waals surface area contributed by atoms with E-state index < -0.39 is 0 Å². The molecule has 1 unspecified atom stereocenters. The lowest BCUT2D eigenvalue weighted by Crippen LogP contribution is -2.46. The van der Waals surface area contributed by atoms with E-state index in [1.807, 2.05) is 31.3 Å². The maximum Gasteiger partial charge on any atom is 0.253 e. The Hall–Kier alpha value is -0.910. The van der Waals surface area contributed by atoms with Crippen LogP contribution >= 0.6 is 15.9 Å². The number of hydrogen-bond donors (Lipinski definition) is 0. The number of rotatable bonds is 3. The summed E-state index contributed by atoms with van der Waals surface area (Å²) in [6.07, 6.45) is 0.0971. The number of ether oxygens (including phenoxy) is 1. The van der Waals surface area contributed by atoms with Crippen LogP contribution in [0.2, 0.25) is 0 Å². The van der Waals surface area contributed by atoms with E-state index in [1.54, 1.807) is 4.90 Å². The number of benzene rings is 1. The Kier molecular flexibility index (Phi) is 4.96. The Balaban J connectivity index is 1.95. The van der Waals surface area contributed by atoms with Crippen molar-refractivity contribution in [1.82, 2.24) is 9.80 Å². The third-order valence-electron chi connectivity index (χ3n) is 3.24. The van der Waals surface area contributed by atoms with Gasteiger partial charge in [-0.05, 0) is 25.2 Å². The van der Waals surface area contributed by atoms with Crippen molar-refractivity contribution >= 4 is 21.8 Å². The van der Waals surface area contributed by atoms with Crippen LogP contribution in [0.4, 0.5) is 0 Å². The normalized spacial score (nSPS) is 20.3. The van der Waals surface area contributed by atoms with E-state index >= 15 is 0 Å². The first-order valence-corrected chi connectivity index (χ1v) is 7.17. The van der Waals surface area contributed by atoms with Gasteiger partial charge >= 0.3 is 0 Å². The number of carbonyl (C=O) groups excluding carboxylic acids is 1. The predicted octanol–water partition coefficient (Wildman–Crippen LogP) is 1.85. The number of halogens is 1. The summed E-state index contributed by atoms with van der Waals surface area (Å²) in [7, 11) is 3.90. The zero-order chi connectivity index (χ0) is 13.8. The van der Waals surface area contributed by atoms with Gasteiger partial charge in [-0.25, -0.2) is 0 Å². The number of likely N-dealkylation sites (N-methyl/N-ethyl adjacent to an activating group) is 2. The summed E-state index contributed by atoms with van der Waals surface area (Å²) < 4.78 is 6.60. The van der Waals surface area contributed by atoms with Crippen LogP contribution in [-0.4, -0.2) is 62.1 Å². The summed E-state index contributed by atoms with van der Waals surface area (Å²) in [5, 5.41) is 0. The van der Waals surface area contributed by atoms with Gasteiger partial charge in [0.1, 0.15) is 0 Å². The topological polar surface area (TPSA) is 32.8 Å². The van der Waals surface area contributed by atoms with Crippen molar-refractivity contribution < 1.29 is 9.53 Å². The minimum atomic E-state index is 0.0260. The van der Waals surface area contributed by atoms with Gasteiger partial charge in [-0.3, -0.25) is 4.79 Å². The maximum atomic E-state index is 12.3. The molecule has 2 rings (SSSR count). The molecule has 1 fully saturated rings. The lowest BCUT2D eigenvalue weighted by Gasteiger charge is -2.32. The van der Waals surface area contributed by atoms with Gasteiger partial charge in [0.15, 0.2) is 0 Å². The fourth-order valence-electron chi connectivity index (χ4n) is 2.21. The minimum Gasteiger partial charge on any atom is -0.374 e. The third kappa shape index (κ3) is 4.03. The number of amides is 1. The Labute approximate surface area is 122 Å². The van der Waals surface area contributed by atoms with Crippen LogP contribution in [0.5, 0.6) is 0 Å². The summed E-state index contributed by atoms with van der Waals surface area (Å²) in [5.74, 6) is 0.0260. The van der Waals surface area contributed by atoms with Crippen LogP contribution in [0, 0.1) is 0 Å². The first kappa shape index (κ1) is 14.5. The summed E-state index contributed by atoms with van der Waals surface area (Å²) in [6.45, 7) is 3.19. The second-order valence-electron chi connectivity index (χ2n) is 4.95. The highest BCUT2D eigenvalue weighted by Gasteiger charge is 2.21. The second-order valence-corrected chi connectivity index (χ2v) is 5.87. The highest BCUT2D eigenvalue weighted by atomic mass is 79.9. The molecule has 1 saturated heterocycles. The molecule has 0 N–H and O–H groups in total. The van der Waals surface area contributed by atoms with Crippen LogP contribution in [0.15, 0.2) is 28.7 Å². The van der Waals surface area contributed by atoms with Gasteiger partial charge in [-0.15, -0.1) is 0 Å². The van der Waals surface area contributed by atoms with Crippen molar-refractivity contribution in [2.24, 2.45) is 0 Å². The molecule has 1 aromatic rings. The average molecular weight is 327 g/mol. The monoisotopic (exact) mass is 326 g/mol. The zero-order valence-corrected chi connectivity index (χ0v) is 12.9. The lowest BCUT2D eigenvalue weighted by molar-refractivity contribution is -0.0301. The van der Waals surface area contributed by atoms with E-state index in [2.05, 4.69) is 27.9 Å². The molecule has 19 heavy (non-hydrogen) atoms. The summed E-state index contributed by atoms with van der Waals surface area (Å²) in [6, 6.07) is 7.45. The van der Waals surface area contributed by atoms with E-state index in [0.29, 0.717) is 12.1 Å². The summed E-state index contributed by atoms with van der Waals surface area (Å²) in [5.41, 5.74) is 0.695. The van der Waals surface area contributed by atoms with Crippen molar-refractivity contribution in [2.45, 2.75) is 6.10 Å². The van der Waals surface area contributed by atoms with Gasteiger partial charge in [0.05, 0.1) is 12.7 Å². The zero-order valence-electron chi connectivity index (χ0n) is 11.3. The van der Waals surface area contributed by atoms with Crippen LogP contribution in [0.25, 0.3) is 0 Å². The van der Waals surface area contributed by atoms with Gasteiger partial charge in [0.2, 0.25) is 0 Å². The van der Waals surface area contributed by atoms with Gasteiger partial charge < -0.3 is 14.5 Å². The first-order chi connectivity index (χ1) is 9.06. The lowest BCUT2D eigenvalue weighted by atomic mass is 10.2. The van der Waals surface area contributed by atoms with E-state index in [4.69, 9.17) is 4.74 Å². The smallest absolute Gasteiger partial charge is 0.253 e. The van der Waals surface area contributed by atoms with Crippen molar-refractivity contribution in [3.63, 3.8) is 0 Å². The van der Waals surface area contributed by atoms with E-state index in [9.17, 15) is 4.79 Å². The molecule has 1 atom stereocenters. The Morgan fingerprint density at radius 1 is 1.58 bits per heavy atom. The standard InChI is InChI=1S/C14H19BrN2O2/c1-16-6-7-19-13(9-16)10-17(2)14(18)11-4-3-5-12(15)8-11/h3-5,8,13H,6-7,9-10H2,1-2H3. The molecule has 1 aliphatic rings. The molecule has 0 saturated carbocycles. The van der Waals surface area contributed by atoms with Gasteiger partial charge in [0, 0.05) is 36.7 Å². The fraction of sp³-hybridized carbons (Fsp3) is 0.500. The van der Waals surface area contributed by atoms with Crippen molar-refractivity contribution in [1.29, 1.82) is 0 Å². The van der Waals surface area contributed by atoms with Crippen molar-refractivity contribution in [2.75, 3.05) is 40.3 Å². The highest BCUT2D eigenvalue weighted by molar-refractivity contribution is 9.10. The van der Waals surface area contributed by atoms with Crippen molar-refractivity contribution in [3.05, 3.63) is 34.3 Å². The molecule has 1 aliphatic heterocycles. The second kappa shape index (κ2) is 6.50. The first-order valence-electron chi connectivity index (χ1n) is 6.37. The van der Waals surface area contributed by atoms with Crippen LogP contribution in [-0.2, 0) is 4.74 Å². The van der Waals surface area contributed by atoms with Crippen LogP contribution < -0.4 is 0 Å². The number of nitrogens with zero attached hydrogens (tertiary/aromatic N) is 2. The Morgan fingerprint density at radius 3 is 3.05 bits per heavy atom. The number of carbonyl (C=O) groups is 1. The van der Waals surface area contributed by atoms with E-state index in [-0.39, 0.29) is 12.0 Å². The molecule has 4 nitrogen and oxygen atoms in total. The SMILES string of the molecule is CN1CCOC(CN(C)C(=O)c2cccc(Br)c2)C1. The molecule has 0 aromatic heterocycles. The minimum absolute atomic E-state index is 0.0260.